The Bertz CT molecular complexity index is 741. The Morgan fingerprint density at radius 3 is 2.52 bits per heavy atom. The summed E-state index contributed by atoms with van der Waals surface area (Å²) in [5.41, 5.74) is -0.294. The number of ether oxygens (including phenoxy) is 1. The molecule has 0 bridgehead atoms. The maximum absolute atomic E-state index is 13.6. The average Bonchev–Trinajstić information content (AvgIpc) is 2.45. The van der Waals surface area contributed by atoms with Gasteiger partial charge in [-0.25, -0.2) is 4.39 Å². The molecule has 0 spiro atoms. The summed E-state index contributed by atoms with van der Waals surface area (Å²) in [5, 5.41) is 19.1. The summed E-state index contributed by atoms with van der Waals surface area (Å²) in [7, 11) is 0. The van der Waals surface area contributed by atoms with Crippen molar-refractivity contribution in [2.45, 2.75) is 6.61 Å². The monoisotopic (exact) mass is 290 g/mol. The molecule has 0 aromatic heterocycles. The van der Waals surface area contributed by atoms with Crippen molar-refractivity contribution in [2.75, 3.05) is 0 Å². The van der Waals surface area contributed by atoms with E-state index < -0.39 is 22.2 Å². The molecule has 0 atom stereocenters. The minimum atomic E-state index is -1.03. The van der Waals surface area contributed by atoms with Crippen LogP contribution in [0.15, 0.2) is 36.4 Å². The average molecular weight is 290 g/mol. The second-order valence-electron chi connectivity index (χ2n) is 4.08. The van der Waals surface area contributed by atoms with Gasteiger partial charge in [0.25, 0.3) is 0 Å². The van der Waals surface area contributed by atoms with E-state index in [9.17, 15) is 18.9 Å². The highest BCUT2D eigenvalue weighted by Crippen LogP contribution is 2.23. The third-order valence-corrected chi connectivity index (χ3v) is 2.69. The Kier molecular flexibility index (Phi) is 4.09. The van der Waals surface area contributed by atoms with E-state index in [1.54, 1.807) is 6.07 Å². The zero-order chi connectivity index (χ0) is 15.4. The fraction of sp³-hybridized carbons (Fsp3) is 0.0714. The summed E-state index contributed by atoms with van der Waals surface area (Å²) in [6.07, 6.45) is 0. The zero-order valence-electron chi connectivity index (χ0n) is 10.5. The Morgan fingerprint density at radius 2 is 1.95 bits per heavy atom. The van der Waals surface area contributed by atoms with Crippen molar-refractivity contribution in [3.8, 4) is 11.8 Å². The normalized spacial score (nSPS) is 9.95. The van der Waals surface area contributed by atoms with Gasteiger partial charge in [-0.15, -0.1) is 0 Å². The summed E-state index contributed by atoms with van der Waals surface area (Å²) in [4.78, 5) is 9.62. The van der Waals surface area contributed by atoms with Crippen LogP contribution in [0.25, 0.3) is 0 Å². The minimum Gasteiger partial charge on any atom is -0.489 e. The number of hydrogen-bond acceptors (Lipinski definition) is 4. The molecule has 0 aliphatic carbocycles. The molecule has 0 heterocycles. The fourth-order valence-corrected chi connectivity index (χ4v) is 1.62. The maximum atomic E-state index is 13.6. The predicted octanol–water partition coefficient (Wildman–Crippen LogP) is 3.32. The Balaban J connectivity index is 2.12. The van der Waals surface area contributed by atoms with Crippen molar-refractivity contribution < 1.29 is 18.4 Å². The lowest BCUT2D eigenvalue weighted by Crippen LogP contribution is -2.00. The van der Waals surface area contributed by atoms with E-state index in [0.717, 1.165) is 18.2 Å². The van der Waals surface area contributed by atoms with E-state index in [2.05, 4.69) is 0 Å². The lowest BCUT2D eigenvalue weighted by molar-refractivity contribution is -0.387. The number of nitrogens with zero attached hydrogens (tertiary/aromatic N) is 2. The zero-order valence-corrected chi connectivity index (χ0v) is 10.5. The molecule has 0 fully saturated rings. The minimum absolute atomic E-state index is 0.0434. The first-order chi connectivity index (χ1) is 10.0. The molecule has 0 aliphatic heterocycles. The molecule has 2 aromatic rings. The van der Waals surface area contributed by atoms with Gasteiger partial charge in [0, 0.05) is 17.7 Å². The Labute approximate surface area is 118 Å². The molecular formula is C14H8F2N2O3. The third-order valence-electron chi connectivity index (χ3n) is 2.69. The van der Waals surface area contributed by atoms with Crippen molar-refractivity contribution in [1.82, 2.24) is 0 Å². The van der Waals surface area contributed by atoms with Gasteiger partial charge in [-0.05, 0) is 18.2 Å². The second kappa shape index (κ2) is 5.96. The van der Waals surface area contributed by atoms with Crippen LogP contribution in [-0.4, -0.2) is 4.92 Å². The summed E-state index contributed by atoms with van der Waals surface area (Å²) in [5.74, 6) is -1.60. The van der Waals surface area contributed by atoms with Gasteiger partial charge in [-0.2, -0.15) is 9.65 Å². The molecule has 0 aliphatic rings. The van der Waals surface area contributed by atoms with E-state index in [1.165, 1.54) is 18.2 Å². The molecule has 0 saturated heterocycles. The Morgan fingerprint density at radius 1 is 1.19 bits per heavy atom. The second-order valence-corrected chi connectivity index (χ2v) is 4.08. The highest BCUT2D eigenvalue weighted by molar-refractivity contribution is 5.38. The maximum Gasteiger partial charge on any atom is 0.305 e. The molecule has 0 unspecified atom stereocenters. The molecule has 0 radical (unpaired) electrons. The SMILES string of the molecule is N#Cc1ccc(COc2ccc([N+](=O)[O-])c(F)c2)c(F)c1. The quantitative estimate of drug-likeness (QED) is 0.639. The number of nitro groups is 1. The fourth-order valence-electron chi connectivity index (χ4n) is 1.62. The van der Waals surface area contributed by atoms with Gasteiger partial charge in [0.2, 0.25) is 5.82 Å². The smallest absolute Gasteiger partial charge is 0.305 e. The first kappa shape index (κ1) is 14.4. The van der Waals surface area contributed by atoms with E-state index in [0.29, 0.717) is 0 Å². The van der Waals surface area contributed by atoms with Crippen molar-refractivity contribution >= 4 is 5.69 Å². The number of benzene rings is 2. The molecular weight excluding hydrogens is 282 g/mol. The van der Waals surface area contributed by atoms with Crippen LogP contribution in [0, 0.1) is 33.1 Å². The van der Waals surface area contributed by atoms with Crippen LogP contribution >= 0.6 is 0 Å². The molecule has 5 nitrogen and oxygen atoms in total. The summed E-state index contributed by atoms with van der Waals surface area (Å²) in [6.45, 7) is -0.186. The van der Waals surface area contributed by atoms with Crippen LogP contribution in [0.5, 0.6) is 5.75 Å². The first-order valence-electron chi connectivity index (χ1n) is 5.76. The first-order valence-corrected chi connectivity index (χ1v) is 5.76. The van der Waals surface area contributed by atoms with Gasteiger partial charge in [-0.1, -0.05) is 6.07 Å². The molecule has 2 aromatic carbocycles. The molecule has 0 amide bonds. The van der Waals surface area contributed by atoms with E-state index in [-0.39, 0.29) is 23.5 Å². The van der Waals surface area contributed by atoms with E-state index >= 15 is 0 Å². The van der Waals surface area contributed by atoms with Crippen LogP contribution in [0.1, 0.15) is 11.1 Å². The van der Waals surface area contributed by atoms with Gasteiger partial charge in [-0.3, -0.25) is 10.1 Å². The molecule has 2 rings (SSSR count). The van der Waals surface area contributed by atoms with Crippen molar-refractivity contribution in [3.63, 3.8) is 0 Å². The van der Waals surface area contributed by atoms with Gasteiger partial charge in [0.15, 0.2) is 0 Å². The predicted molar refractivity (Wildman–Crippen MR) is 68.5 cm³/mol. The van der Waals surface area contributed by atoms with Crippen molar-refractivity contribution in [2.24, 2.45) is 0 Å². The van der Waals surface area contributed by atoms with Crippen LogP contribution in [-0.2, 0) is 6.61 Å². The highest BCUT2D eigenvalue weighted by Gasteiger charge is 2.14. The lowest BCUT2D eigenvalue weighted by atomic mass is 10.1. The highest BCUT2D eigenvalue weighted by atomic mass is 19.1. The van der Waals surface area contributed by atoms with Gasteiger partial charge in [0.1, 0.15) is 18.2 Å². The molecule has 106 valence electrons. The van der Waals surface area contributed by atoms with Gasteiger partial charge < -0.3 is 4.74 Å². The topological polar surface area (TPSA) is 76.2 Å². The molecule has 7 heteroatoms. The third kappa shape index (κ3) is 3.30. The number of halogens is 2. The summed E-state index contributed by atoms with van der Waals surface area (Å²) in [6, 6.07) is 8.73. The largest absolute Gasteiger partial charge is 0.489 e. The summed E-state index contributed by atoms with van der Waals surface area (Å²) >= 11 is 0. The Hall–Kier alpha value is -3.01. The standard InChI is InChI=1S/C14H8F2N2O3/c15-12-5-9(7-17)1-2-10(12)8-21-11-3-4-14(18(19)20)13(16)6-11/h1-6H,8H2. The van der Waals surface area contributed by atoms with Gasteiger partial charge >= 0.3 is 5.69 Å². The number of nitro benzene ring substituents is 1. The summed E-state index contributed by atoms with van der Waals surface area (Å²) < 4.78 is 32.1. The van der Waals surface area contributed by atoms with E-state index in [1.807, 2.05) is 0 Å². The van der Waals surface area contributed by atoms with Crippen LogP contribution in [0.2, 0.25) is 0 Å². The molecule has 0 N–H and O–H groups in total. The van der Waals surface area contributed by atoms with Gasteiger partial charge in [0.05, 0.1) is 16.6 Å². The van der Waals surface area contributed by atoms with Crippen LogP contribution in [0.4, 0.5) is 14.5 Å². The van der Waals surface area contributed by atoms with Crippen LogP contribution in [0.3, 0.4) is 0 Å². The molecule has 21 heavy (non-hydrogen) atoms. The number of rotatable bonds is 4. The molecule has 0 saturated carbocycles. The van der Waals surface area contributed by atoms with Crippen LogP contribution < -0.4 is 4.74 Å². The number of nitriles is 1. The van der Waals surface area contributed by atoms with Crippen molar-refractivity contribution in [1.29, 1.82) is 5.26 Å². The van der Waals surface area contributed by atoms with E-state index in [4.69, 9.17) is 10.00 Å². The van der Waals surface area contributed by atoms with Crippen molar-refractivity contribution in [3.05, 3.63) is 69.3 Å². The number of hydrogen-bond donors (Lipinski definition) is 0. The lowest BCUT2D eigenvalue weighted by Gasteiger charge is -2.07.